The Hall–Kier alpha value is -2.24. The van der Waals surface area contributed by atoms with Gasteiger partial charge >= 0.3 is 0 Å². The van der Waals surface area contributed by atoms with Crippen LogP contribution < -0.4 is 5.32 Å². The number of nitrogens with one attached hydrogen (secondary N) is 2. The van der Waals surface area contributed by atoms with Gasteiger partial charge in [0.15, 0.2) is 5.16 Å². The molecule has 1 aromatic heterocycles. The van der Waals surface area contributed by atoms with Crippen LogP contribution in [0.1, 0.15) is 12.5 Å². The third-order valence-electron chi connectivity index (χ3n) is 3.77. The van der Waals surface area contributed by atoms with Gasteiger partial charge in [-0.3, -0.25) is 4.79 Å². The van der Waals surface area contributed by atoms with E-state index in [-0.39, 0.29) is 11.2 Å². The zero-order valence-corrected chi connectivity index (χ0v) is 15.5. The van der Waals surface area contributed by atoms with E-state index < -0.39 is 0 Å². The fourth-order valence-corrected chi connectivity index (χ4v) is 3.22. The number of rotatable bonds is 5. The molecule has 0 aliphatic carbocycles. The third kappa shape index (κ3) is 4.44. The predicted molar refractivity (Wildman–Crippen MR) is 104 cm³/mol. The van der Waals surface area contributed by atoms with E-state index in [2.05, 4.69) is 15.3 Å². The summed E-state index contributed by atoms with van der Waals surface area (Å²) in [6.45, 7) is 3.83. The number of aryl methyl sites for hydroxylation is 1. The standard InChI is InChI=1S/C19H18ClN3OS/c1-12-5-3-4-6-16(12)22-18(24)13(2)25-19-21-11-17(23-19)14-7-9-15(20)10-8-14/h3-11,13H,1-2H3,(H,21,23)(H,22,24). The molecule has 0 fully saturated rings. The second-order valence-electron chi connectivity index (χ2n) is 5.67. The Balaban J connectivity index is 1.65. The number of amides is 1. The van der Waals surface area contributed by atoms with Crippen LogP contribution in [-0.2, 0) is 4.79 Å². The number of aromatic nitrogens is 2. The number of carbonyl (C=O) groups excluding carboxylic acids is 1. The normalized spacial score (nSPS) is 12.0. The van der Waals surface area contributed by atoms with E-state index in [0.29, 0.717) is 10.2 Å². The first kappa shape index (κ1) is 17.6. The molecule has 0 spiro atoms. The molecule has 128 valence electrons. The maximum absolute atomic E-state index is 12.4. The zero-order chi connectivity index (χ0) is 17.8. The summed E-state index contributed by atoms with van der Waals surface area (Å²) in [4.78, 5) is 20.0. The van der Waals surface area contributed by atoms with Crippen LogP contribution in [-0.4, -0.2) is 21.1 Å². The number of halogens is 1. The molecule has 0 saturated heterocycles. The molecule has 0 aliphatic heterocycles. The lowest BCUT2D eigenvalue weighted by atomic mass is 10.2. The lowest BCUT2D eigenvalue weighted by Crippen LogP contribution is -2.22. The number of hydrogen-bond acceptors (Lipinski definition) is 3. The zero-order valence-electron chi connectivity index (χ0n) is 13.9. The summed E-state index contributed by atoms with van der Waals surface area (Å²) in [7, 11) is 0. The third-order valence-corrected chi connectivity index (χ3v) is 5.02. The summed E-state index contributed by atoms with van der Waals surface area (Å²) in [5.41, 5.74) is 3.77. The molecule has 1 unspecified atom stereocenters. The molecule has 6 heteroatoms. The van der Waals surface area contributed by atoms with Gasteiger partial charge in [0, 0.05) is 10.7 Å². The van der Waals surface area contributed by atoms with E-state index in [0.717, 1.165) is 22.5 Å². The summed E-state index contributed by atoms with van der Waals surface area (Å²) in [6, 6.07) is 15.3. The minimum atomic E-state index is -0.274. The lowest BCUT2D eigenvalue weighted by Gasteiger charge is -2.12. The van der Waals surface area contributed by atoms with E-state index in [4.69, 9.17) is 11.6 Å². The maximum Gasteiger partial charge on any atom is 0.237 e. The average Bonchev–Trinajstić information content (AvgIpc) is 3.06. The number of hydrogen-bond donors (Lipinski definition) is 2. The van der Waals surface area contributed by atoms with Gasteiger partial charge < -0.3 is 10.3 Å². The molecule has 25 heavy (non-hydrogen) atoms. The van der Waals surface area contributed by atoms with Crippen molar-refractivity contribution in [2.75, 3.05) is 5.32 Å². The highest BCUT2D eigenvalue weighted by molar-refractivity contribution is 8.00. The first-order valence-electron chi connectivity index (χ1n) is 7.87. The number of H-pyrrole nitrogens is 1. The smallest absolute Gasteiger partial charge is 0.237 e. The summed E-state index contributed by atoms with van der Waals surface area (Å²) >= 11 is 7.30. The van der Waals surface area contributed by atoms with Crippen molar-refractivity contribution >= 4 is 35.0 Å². The monoisotopic (exact) mass is 371 g/mol. The van der Waals surface area contributed by atoms with E-state index >= 15 is 0 Å². The van der Waals surface area contributed by atoms with Crippen molar-refractivity contribution in [3.63, 3.8) is 0 Å². The number of carbonyl (C=O) groups is 1. The Labute approximate surface area is 156 Å². The molecule has 1 heterocycles. The van der Waals surface area contributed by atoms with Crippen molar-refractivity contribution in [2.45, 2.75) is 24.3 Å². The molecule has 1 amide bonds. The van der Waals surface area contributed by atoms with Crippen LogP contribution in [0.25, 0.3) is 11.3 Å². The van der Waals surface area contributed by atoms with Crippen molar-refractivity contribution in [3.8, 4) is 11.3 Å². The van der Waals surface area contributed by atoms with E-state index in [9.17, 15) is 4.79 Å². The lowest BCUT2D eigenvalue weighted by molar-refractivity contribution is -0.115. The fraction of sp³-hybridized carbons (Fsp3) is 0.158. The second kappa shape index (κ2) is 7.76. The van der Waals surface area contributed by atoms with Gasteiger partial charge in [0.05, 0.1) is 17.1 Å². The van der Waals surface area contributed by atoms with Crippen molar-refractivity contribution in [1.29, 1.82) is 0 Å². The second-order valence-corrected chi connectivity index (χ2v) is 7.44. The highest BCUT2D eigenvalue weighted by Gasteiger charge is 2.17. The Kier molecular flexibility index (Phi) is 5.46. The molecule has 3 rings (SSSR count). The minimum Gasteiger partial charge on any atom is -0.333 e. The first-order chi connectivity index (χ1) is 12.0. The molecular formula is C19H18ClN3OS. The van der Waals surface area contributed by atoms with Crippen LogP contribution in [0.15, 0.2) is 59.9 Å². The van der Waals surface area contributed by atoms with Crippen LogP contribution in [0.2, 0.25) is 5.02 Å². The highest BCUT2D eigenvalue weighted by Crippen LogP contribution is 2.26. The molecular weight excluding hydrogens is 354 g/mol. The number of nitrogens with zero attached hydrogens (tertiary/aromatic N) is 1. The quantitative estimate of drug-likeness (QED) is 0.609. The number of anilines is 1. The van der Waals surface area contributed by atoms with Crippen LogP contribution in [0.5, 0.6) is 0 Å². The molecule has 0 radical (unpaired) electrons. The van der Waals surface area contributed by atoms with Gasteiger partial charge in [-0.1, -0.05) is 53.7 Å². The summed E-state index contributed by atoms with van der Waals surface area (Å²) in [5.74, 6) is -0.0521. The van der Waals surface area contributed by atoms with Gasteiger partial charge in [-0.15, -0.1) is 0 Å². The molecule has 3 aromatic rings. The number of benzene rings is 2. The van der Waals surface area contributed by atoms with Crippen LogP contribution in [0, 0.1) is 6.92 Å². The topological polar surface area (TPSA) is 57.8 Å². The van der Waals surface area contributed by atoms with E-state index in [1.54, 1.807) is 6.20 Å². The molecule has 2 aromatic carbocycles. The van der Waals surface area contributed by atoms with Gasteiger partial charge in [-0.05, 0) is 43.2 Å². The Morgan fingerprint density at radius 2 is 1.92 bits per heavy atom. The largest absolute Gasteiger partial charge is 0.333 e. The van der Waals surface area contributed by atoms with Gasteiger partial charge in [0.1, 0.15) is 0 Å². The average molecular weight is 372 g/mol. The van der Waals surface area contributed by atoms with Crippen LogP contribution in [0.3, 0.4) is 0 Å². The van der Waals surface area contributed by atoms with Crippen molar-refractivity contribution in [1.82, 2.24) is 9.97 Å². The van der Waals surface area contributed by atoms with E-state index in [1.165, 1.54) is 11.8 Å². The Morgan fingerprint density at radius 3 is 2.64 bits per heavy atom. The van der Waals surface area contributed by atoms with Crippen LogP contribution >= 0.6 is 23.4 Å². The molecule has 0 bridgehead atoms. The Bertz CT molecular complexity index is 876. The minimum absolute atomic E-state index is 0.0521. The molecule has 0 saturated carbocycles. The van der Waals surface area contributed by atoms with Crippen molar-refractivity contribution in [2.24, 2.45) is 0 Å². The molecule has 1 atom stereocenters. The number of imidazole rings is 1. The molecule has 4 nitrogen and oxygen atoms in total. The SMILES string of the molecule is Cc1ccccc1NC(=O)C(C)Sc1ncc(-c2ccc(Cl)cc2)[nH]1. The molecule has 2 N–H and O–H groups in total. The van der Waals surface area contributed by atoms with E-state index in [1.807, 2.05) is 62.4 Å². The van der Waals surface area contributed by atoms with Crippen molar-refractivity contribution < 1.29 is 4.79 Å². The van der Waals surface area contributed by atoms with Gasteiger partial charge in [-0.2, -0.15) is 0 Å². The fourth-order valence-electron chi connectivity index (χ4n) is 2.31. The summed E-state index contributed by atoms with van der Waals surface area (Å²) < 4.78 is 0. The van der Waals surface area contributed by atoms with Gasteiger partial charge in [0.2, 0.25) is 5.91 Å². The Morgan fingerprint density at radius 1 is 1.20 bits per heavy atom. The summed E-state index contributed by atoms with van der Waals surface area (Å²) in [6.07, 6.45) is 1.76. The molecule has 0 aliphatic rings. The number of para-hydroxylation sites is 1. The maximum atomic E-state index is 12.4. The van der Waals surface area contributed by atoms with Crippen molar-refractivity contribution in [3.05, 3.63) is 65.3 Å². The van der Waals surface area contributed by atoms with Gasteiger partial charge in [-0.25, -0.2) is 4.98 Å². The summed E-state index contributed by atoms with van der Waals surface area (Å²) in [5, 5.41) is 4.08. The number of aromatic amines is 1. The van der Waals surface area contributed by atoms with Gasteiger partial charge in [0.25, 0.3) is 0 Å². The predicted octanol–water partition coefficient (Wildman–Crippen LogP) is 5.16. The highest BCUT2D eigenvalue weighted by atomic mass is 35.5. The first-order valence-corrected chi connectivity index (χ1v) is 9.13. The van der Waals surface area contributed by atoms with Crippen LogP contribution in [0.4, 0.5) is 5.69 Å². The number of thioether (sulfide) groups is 1.